The van der Waals surface area contributed by atoms with E-state index in [-0.39, 0.29) is 23.6 Å². The molecule has 0 aromatic heterocycles. The number of hydrogen-bond donors (Lipinski definition) is 0. The smallest absolute Gasteiger partial charge is 0.303 e. The van der Waals surface area contributed by atoms with Crippen molar-refractivity contribution in [3.05, 3.63) is 0 Å². The minimum atomic E-state index is -5.47. The number of carbonyl (C=O) groups is 1. The van der Waals surface area contributed by atoms with Crippen molar-refractivity contribution in [1.29, 1.82) is 5.26 Å². The van der Waals surface area contributed by atoms with Gasteiger partial charge in [-0.15, -0.1) is 0 Å². The van der Waals surface area contributed by atoms with E-state index in [4.69, 9.17) is 5.26 Å². The molecule has 0 rings (SSSR count). The first-order valence-corrected chi connectivity index (χ1v) is 6.08. The van der Waals surface area contributed by atoms with Gasteiger partial charge in [-0.25, -0.2) is 8.42 Å². The van der Waals surface area contributed by atoms with Gasteiger partial charge in [0.15, 0.2) is 0 Å². The number of sulfonamides is 1. The van der Waals surface area contributed by atoms with Gasteiger partial charge in [-0.05, 0) is 12.8 Å². The number of nitriles is 1. The molecule has 0 radical (unpaired) electrons. The van der Waals surface area contributed by atoms with Crippen LogP contribution in [0.2, 0.25) is 0 Å². The zero-order valence-corrected chi connectivity index (χ0v) is 9.59. The molecular weight excluding hydrogens is 261 g/mol. The largest absolute Gasteiger partial charge is 0.511 e. The Labute approximate surface area is 96.9 Å². The summed E-state index contributed by atoms with van der Waals surface area (Å²) in [6.07, 6.45) is 1.11. The monoisotopic (exact) mass is 272 g/mol. The second kappa shape index (κ2) is 6.56. The van der Waals surface area contributed by atoms with E-state index >= 15 is 0 Å². The van der Waals surface area contributed by atoms with Gasteiger partial charge < -0.3 is 4.79 Å². The summed E-state index contributed by atoms with van der Waals surface area (Å²) in [4.78, 5) is 9.97. The molecule has 5 nitrogen and oxygen atoms in total. The maximum absolute atomic E-state index is 12.2. The van der Waals surface area contributed by atoms with Gasteiger partial charge in [-0.3, -0.25) is 0 Å². The molecule has 0 aliphatic carbocycles. The first kappa shape index (κ1) is 15.9. The van der Waals surface area contributed by atoms with Crippen LogP contribution in [0, 0.1) is 11.3 Å². The maximum Gasteiger partial charge on any atom is 0.511 e. The summed E-state index contributed by atoms with van der Waals surface area (Å²) in [5.74, 6) is 0. The van der Waals surface area contributed by atoms with Crippen molar-refractivity contribution in [3.63, 3.8) is 0 Å². The summed E-state index contributed by atoms with van der Waals surface area (Å²) in [6, 6.07) is 1.36. The van der Waals surface area contributed by atoms with Crippen molar-refractivity contribution in [2.45, 2.75) is 24.8 Å². The van der Waals surface area contributed by atoms with E-state index in [0.29, 0.717) is 6.29 Å². The van der Waals surface area contributed by atoms with E-state index in [0.717, 1.165) is 0 Å². The molecule has 17 heavy (non-hydrogen) atoms. The number of halogens is 3. The lowest BCUT2D eigenvalue weighted by Gasteiger charge is -2.20. The number of carbonyl (C=O) groups excluding carboxylic acids is 1. The highest BCUT2D eigenvalue weighted by atomic mass is 32.2. The Morgan fingerprint density at radius 2 is 1.88 bits per heavy atom. The highest BCUT2D eigenvalue weighted by Crippen LogP contribution is 2.26. The molecule has 0 aromatic carbocycles. The SMILES string of the molecule is N#CCN(CCCCC=O)S(=O)(=O)C(F)(F)F. The zero-order chi connectivity index (χ0) is 13.5. The third-order valence-corrected chi connectivity index (χ3v) is 3.44. The molecule has 0 bridgehead atoms. The fourth-order valence-corrected chi connectivity index (χ4v) is 1.92. The molecule has 0 amide bonds. The van der Waals surface area contributed by atoms with Crippen LogP contribution in [-0.4, -0.2) is 37.6 Å². The average molecular weight is 272 g/mol. The molecule has 0 aromatic rings. The molecule has 0 saturated carbocycles. The summed E-state index contributed by atoms with van der Waals surface area (Å²) in [5.41, 5.74) is -5.41. The lowest BCUT2D eigenvalue weighted by atomic mass is 10.2. The Morgan fingerprint density at radius 3 is 2.29 bits per heavy atom. The predicted molar refractivity (Wildman–Crippen MR) is 52.1 cm³/mol. The standard InChI is InChI=1S/C8H11F3N2O3S/c9-8(10,11)17(15,16)13(6-4-12)5-2-1-3-7-14/h7H,1-3,5-6H2. The first-order valence-electron chi connectivity index (χ1n) is 4.64. The lowest BCUT2D eigenvalue weighted by molar-refractivity contribution is -0.107. The molecule has 0 spiro atoms. The highest BCUT2D eigenvalue weighted by molar-refractivity contribution is 7.90. The molecular formula is C8H11F3N2O3S. The van der Waals surface area contributed by atoms with Crippen molar-refractivity contribution in [2.24, 2.45) is 0 Å². The van der Waals surface area contributed by atoms with Crippen molar-refractivity contribution >= 4 is 16.3 Å². The van der Waals surface area contributed by atoms with Crippen LogP contribution >= 0.6 is 0 Å². The summed E-state index contributed by atoms with van der Waals surface area (Å²) in [5, 5.41) is 8.29. The Balaban J connectivity index is 4.64. The molecule has 0 atom stereocenters. The third-order valence-electron chi connectivity index (χ3n) is 1.86. The third kappa shape index (κ3) is 4.70. The molecule has 0 heterocycles. The van der Waals surface area contributed by atoms with Crippen molar-refractivity contribution < 1.29 is 26.4 Å². The molecule has 98 valence electrons. The predicted octanol–water partition coefficient (Wildman–Crippen LogP) is 1.03. The van der Waals surface area contributed by atoms with Crippen LogP contribution in [0.5, 0.6) is 0 Å². The first-order chi connectivity index (χ1) is 7.77. The van der Waals surface area contributed by atoms with Gasteiger partial charge >= 0.3 is 15.5 Å². The molecule has 0 unspecified atom stereocenters. The van der Waals surface area contributed by atoms with Gasteiger partial charge in [0.1, 0.15) is 12.8 Å². The second-order valence-corrected chi connectivity index (χ2v) is 5.03. The number of hydrogen-bond acceptors (Lipinski definition) is 4. The summed E-state index contributed by atoms with van der Waals surface area (Å²) in [6.45, 7) is -1.29. The van der Waals surface area contributed by atoms with Gasteiger partial charge in [-0.2, -0.15) is 22.7 Å². The molecule has 0 fully saturated rings. The van der Waals surface area contributed by atoms with E-state index in [1.165, 1.54) is 6.07 Å². The Bertz CT molecular complexity index is 386. The molecule has 0 aliphatic rings. The topological polar surface area (TPSA) is 78.2 Å². The molecule has 0 N–H and O–H groups in total. The van der Waals surface area contributed by atoms with Crippen molar-refractivity contribution in [3.8, 4) is 6.07 Å². The fraction of sp³-hybridized carbons (Fsp3) is 0.750. The van der Waals surface area contributed by atoms with Gasteiger partial charge in [0, 0.05) is 13.0 Å². The van der Waals surface area contributed by atoms with E-state index in [1.807, 2.05) is 0 Å². The fourth-order valence-electron chi connectivity index (χ4n) is 1.03. The maximum atomic E-state index is 12.2. The van der Waals surface area contributed by atoms with Gasteiger partial charge in [0.25, 0.3) is 0 Å². The van der Waals surface area contributed by atoms with Crippen molar-refractivity contribution in [2.75, 3.05) is 13.1 Å². The van der Waals surface area contributed by atoms with Crippen LogP contribution in [-0.2, 0) is 14.8 Å². The van der Waals surface area contributed by atoms with Crippen molar-refractivity contribution in [1.82, 2.24) is 4.31 Å². The van der Waals surface area contributed by atoms with E-state index in [2.05, 4.69) is 0 Å². The Morgan fingerprint density at radius 1 is 1.29 bits per heavy atom. The minimum Gasteiger partial charge on any atom is -0.303 e. The number of rotatable bonds is 7. The average Bonchev–Trinajstić information content (AvgIpc) is 2.21. The minimum absolute atomic E-state index is 0.0673. The van der Waals surface area contributed by atoms with E-state index in [1.54, 1.807) is 0 Å². The summed E-state index contributed by atoms with van der Waals surface area (Å²) < 4.78 is 58.6. The number of aldehydes is 1. The lowest BCUT2D eigenvalue weighted by Crippen LogP contribution is -2.41. The zero-order valence-electron chi connectivity index (χ0n) is 8.77. The molecule has 0 saturated heterocycles. The number of alkyl halides is 3. The van der Waals surface area contributed by atoms with Gasteiger partial charge in [0.05, 0.1) is 6.07 Å². The van der Waals surface area contributed by atoms with Crippen LogP contribution in [0.1, 0.15) is 19.3 Å². The van der Waals surface area contributed by atoms with Gasteiger partial charge in [0.2, 0.25) is 0 Å². The summed E-state index contributed by atoms with van der Waals surface area (Å²) >= 11 is 0. The summed E-state index contributed by atoms with van der Waals surface area (Å²) in [7, 11) is -5.47. The Hall–Kier alpha value is -1.14. The van der Waals surface area contributed by atoms with Crippen LogP contribution in [0.3, 0.4) is 0 Å². The van der Waals surface area contributed by atoms with Crippen LogP contribution in [0.25, 0.3) is 0 Å². The number of nitrogens with zero attached hydrogens (tertiary/aromatic N) is 2. The Kier molecular flexibility index (Phi) is 6.12. The van der Waals surface area contributed by atoms with Gasteiger partial charge in [-0.1, -0.05) is 0 Å². The number of unbranched alkanes of at least 4 members (excludes halogenated alkanes) is 2. The molecule has 9 heteroatoms. The molecule has 0 aliphatic heterocycles. The van der Waals surface area contributed by atoms with Crippen LogP contribution in [0.4, 0.5) is 13.2 Å². The normalized spacial score (nSPS) is 12.4. The van der Waals surface area contributed by atoms with E-state index in [9.17, 15) is 26.4 Å². The second-order valence-electron chi connectivity index (χ2n) is 3.10. The highest BCUT2D eigenvalue weighted by Gasteiger charge is 2.49. The van der Waals surface area contributed by atoms with Crippen LogP contribution < -0.4 is 0 Å². The van der Waals surface area contributed by atoms with Crippen LogP contribution in [0.15, 0.2) is 0 Å². The van der Waals surface area contributed by atoms with E-state index < -0.39 is 28.6 Å². The quantitative estimate of drug-likeness (QED) is 0.394.